The number of fused-ring (bicyclic) bond motifs is 1. The molecule has 0 saturated carbocycles. The van der Waals surface area contributed by atoms with E-state index in [0.717, 1.165) is 16.9 Å². The molecule has 8 heteroatoms. The maximum absolute atomic E-state index is 12.4. The molecule has 4 N–H and O–H groups in total. The van der Waals surface area contributed by atoms with Gasteiger partial charge < -0.3 is 20.8 Å². The van der Waals surface area contributed by atoms with Crippen molar-refractivity contribution in [2.45, 2.75) is 26.3 Å². The predicted molar refractivity (Wildman–Crippen MR) is 135 cm³/mol. The molecule has 35 heavy (non-hydrogen) atoms. The number of carbonyl (C=O) groups is 1. The van der Waals surface area contributed by atoms with Crippen LogP contribution in [-0.2, 0) is 11.3 Å². The molecule has 0 spiro atoms. The van der Waals surface area contributed by atoms with Crippen molar-refractivity contribution >= 4 is 23.1 Å². The Bertz CT molecular complexity index is 1470. The van der Waals surface area contributed by atoms with Crippen LogP contribution in [0.5, 0.6) is 5.75 Å². The van der Waals surface area contributed by atoms with Gasteiger partial charge in [-0.05, 0) is 61.7 Å². The average molecular weight is 468 g/mol. The summed E-state index contributed by atoms with van der Waals surface area (Å²) in [5.74, 6) is 0.836. The first-order valence-corrected chi connectivity index (χ1v) is 11.4. The van der Waals surface area contributed by atoms with Gasteiger partial charge in [0.15, 0.2) is 5.65 Å². The second-order valence-corrected chi connectivity index (χ2v) is 8.45. The Morgan fingerprint density at radius 2 is 1.91 bits per heavy atom. The summed E-state index contributed by atoms with van der Waals surface area (Å²) in [5.41, 5.74) is 5.20. The van der Waals surface area contributed by atoms with Crippen molar-refractivity contribution in [2.24, 2.45) is 0 Å². The molecule has 4 aromatic rings. The predicted octanol–water partition coefficient (Wildman–Crippen LogP) is 5.12. The number of phenolic OH excluding ortho intramolecular Hbond substituents is 1. The van der Waals surface area contributed by atoms with E-state index in [1.807, 2.05) is 49.4 Å². The minimum atomic E-state index is -0.208. The molecule has 2 aromatic carbocycles. The zero-order chi connectivity index (χ0) is 24.4. The Morgan fingerprint density at radius 1 is 1.11 bits per heavy atom. The van der Waals surface area contributed by atoms with Crippen molar-refractivity contribution < 1.29 is 15.0 Å². The van der Waals surface area contributed by atoms with E-state index in [-0.39, 0.29) is 17.4 Å². The first kappa shape index (κ1) is 22.2. The second kappa shape index (κ2) is 9.34. The van der Waals surface area contributed by atoms with Crippen LogP contribution in [0.4, 0.5) is 11.5 Å². The number of anilines is 2. The number of aliphatic hydroxyl groups is 1. The van der Waals surface area contributed by atoms with E-state index in [4.69, 9.17) is 4.98 Å². The lowest BCUT2D eigenvalue weighted by Gasteiger charge is -2.13. The molecular formula is C27H25N5O3. The SMILES string of the molecule is Cc1cnn2c(NCc3ccc(NC(=O)C4=CC(O)=CCC4)cc3)cc(-c3ccccc3O)nc12. The minimum Gasteiger partial charge on any atom is -0.508 e. The number of aliphatic hydroxyl groups excluding tert-OH is 1. The molecule has 0 radical (unpaired) electrons. The van der Waals surface area contributed by atoms with Crippen LogP contribution in [0.1, 0.15) is 24.0 Å². The van der Waals surface area contributed by atoms with Crippen LogP contribution in [-0.4, -0.2) is 30.7 Å². The van der Waals surface area contributed by atoms with E-state index >= 15 is 0 Å². The van der Waals surface area contributed by atoms with E-state index in [0.29, 0.717) is 47.6 Å². The number of aromatic hydroxyl groups is 1. The van der Waals surface area contributed by atoms with Gasteiger partial charge in [0, 0.05) is 35.0 Å². The van der Waals surface area contributed by atoms with Crippen molar-refractivity contribution in [1.29, 1.82) is 0 Å². The Kier molecular flexibility index (Phi) is 5.93. The maximum atomic E-state index is 12.4. The molecule has 0 unspecified atom stereocenters. The van der Waals surface area contributed by atoms with Crippen LogP contribution in [0, 0.1) is 6.92 Å². The fourth-order valence-corrected chi connectivity index (χ4v) is 4.00. The van der Waals surface area contributed by atoms with Crippen LogP contribution in [0.2, 0.25) is 0 Å². The van der Waals surface area contributed by atoms with E-state index in [1.165, 1.54) is 6.08 Å². The van der Waals surface area contributed by atoms with Crippen LogP contribution >= 0.6 is 0 Å². The number of aryl methyl sites for hydroxylation is 1. The summed E-state index contributed by atoms with van der Waals surface area (Å²) in [5, 5.41) is 30.7. The molecule has 0 bridgehead atoms. The van der Waals surface area contributed by atoms with Gasteiger partial charge in [-0.3, -0.25) is 4.79 Å². The highest BCUT2D eigenvalue weighted by Gasteiger charge is 2.14. The van der Waals surface area contributed by atoms with Gasteiger partial charge in [-0.1, -0.05) is 24.3 Å². The molecule has 2 heterocycles. The molecule has 0 fully saturated rings. The molecule has 0 atom stereocenters. The van der Waals surface area contributed by atoms with E-state index in [1.54, 1.807) is 28.9 Å². The first-order valence-electron chi connectivity index (χ1n) is 11.4. The van der Waals surface area contributed by atoms with Crippen LogP contribution in [0.15, 0.2) is 84.3 Å². The third-order valence-corrected chi connectivity index (χ3v) is 5.89. The maximum Gasteiger partial charge on any atom is 0.251 e. The van der Waals surface area contributed by atoms with Gasteiger partial charge >= 0.3 is 0 Å². The molecule has 176 valence electrons. The monoisotopic (exact) mass is 467 g/mol. The zero-order valence-corrected chi connectivity index (χ0v) is 19.2. The quantitative estimate of drug-likeness (QED) is 0.313. The Labute approximate surface area is 202 Å². The summed E-state index contributed by atoms with van der Waals surface area (Å²) in [6.07, 6.45) is 6.22. The minimum absolute atomic E-state index is 0.131. The third-order valence-electron chi connectivity index (χ3n) is 5.89. The smallest absolute Gasteiger partial charge is 0.251 e. The number of nitrogens with one attached hydrogen (secondary N) is 2. The van der Waals surface area contributed by atoms with Gasteiger partial charge in [-0.15, -0.1) is 0 Å². The van der Waals surface area contributed by atoms with Crippen molar-refractivity contribution in [1.82, 2.24) is 14.6 Å². The lowest BCUT2D eigenvalue weighted by molar-refractivity contribution is -0.113. The number of hydrogen-bond acceptors (Lipinski definition) is 6. The molecule has 0 saturated heterocycles. The van der Waals surface area contributed by atoms with Crippen LogP contribution < -0.4 is 10.6 Å². The number of rotatable bonds is 6. The summed E-state index contributed by atoms with van der Waals surface area (Å²) in [6.45, 7) is 2.47. The number of carbonyl (C=O) groups excluding carboxylic acids is 1. The highest BCUT2D eigenvalue weighted by atomic mass is 16.3. The largest absolute Gasteiger partial charge is 0.508 e. The summed E-state index contributed by atoms with van der Waals surface area (Å²) >= 11 is 0. The summed E-state index contributed by atoms with van der Waals surface area (Å²) < 4.78 is 1.75. The van der Waals surface area contributed by atoms with Crippen LogP contribution in [0.25, 0.3) is 16.9 Å². The van der Waals surface area contributed by atoms with E-state index in [2.05, 4.69) is 15.7 Å². The lowest BCUT2D eigenvalue weighted by atomic mass is 10.0. The lowest BCUT2D eigenvalue weighted by Crippen LogP contribution is -2.16. The zero-order valence-electron chi connectivity index (χ0n) is 19.2. The Hall–Kier alpha value is -4.59. The van der Waals surface area contributed by atoms with Gasteiger partial charge in [0.25, 0.3) is 5.91 Å². The molecule has 1 aliphatic carbocycles. The fourth-order valence-electron chi connectivity index (χ4n) is 4.00. The molecule has 1 amide bonds. The molecule has 2 aromatic heterocycles. The normalized spacial score (nSPS) is 13.3. The van der Waals surface area contributed by atoms with Gasteiger partial charge in [0.1, 0.15) is 17.3 Å². The molecule has 0 aliphatic heterocycles. The number of benzene rings is 2. The third kappa shape index (κ3) is 4.72. The number of aromatic nitrogens is 3. The first-order chi connectivity index (χ1) is 17.0. The highest BCUT2D eigenvalue weighted by Crippen LogP contribution is 2.30. The molecular weight excluding hydrogens is 442 g/mol. The number of hydrogen-bond donors (Lipinski definition) is 4. The van der Waals surface area contributed by atoms with Crippen LogP contribution in [0.3, 0.4) is 0 Å². The molecule has 8 nitrogen and oxygen atoms in total. The van der Waals surface area contributed by atoms with E-state index in [9.17, 15) is 15.0 Å². The topological polar surface area (TPSA) is 112 Å². The summed E-state index contributed by atoms with van der Waals surface area (Å²) in [6, 6.07) is 16.5. The second-order valence-electron chi connectivity index (χ2n) is 8.45. The molecule has 1 aliphatic rings. The average Bonchev–Trinajstić information content (AvgIpc) is 3.24. The summed E-state index contributed by atoms with van der Waals surface area (Å²) in [4.78, 5) is 17.1. The Balaban J connectivity index is 1.33. The number of nitrogens with zero attached hydrogens (tertiary/aromatic N) is 3. The van der Waals surface area contributed by atoms with Gasteiger partial charge in [-0.2, -0.15) is 9.61 Å². The van der Waals surface area contributed by atoms with Gasteiger partial charge in [0.05, 0.1) is 11.9 Å². The summed E-state index contributed by atoms with van der Waals surface area (Å²) in [7, 11) is 0. The number of para-hydroxylation sites is 1. The number of amides is 1. The number of allylic oxidation sites excluding steroid dienone is 2. The van der Waals surface area contributed by atoms with E-state index < -0.39 is 0 Å². The van der Waals surface area contributed by atoms with Crippen molar-refractivity contribution in [3.8, 4) is 17.0 Å². The molecule has 5 rings (SSSR count). The van der Waals surface area contributed by atoms with Gasteiger partial charge in [-0.25, -0.2) is 4.98 Å². The van der Waals surface area contributed by atoms with Gasteiger partial charge in [0.2, 0.25) is 0 Å². The number of phenols is 1. The van der Waals surface area contributed by atoms with Crippen molar-refractivity contribution in [3.63, 3.8) is 0 Å². The highest BCUT2D eigenvalue weighted by molar-refractivity contribution is 6.04. The standard InChI is InChI=1S/C27H25N5O3/c1-17-15-29-32-25(14-23(31-26(17)32)22-7-2-3-8-24(22)34)28-16-18-9-11-20(12-10-18)30-27(35)19-5-4-6-21(33)13-19/h2-3,6-15,28,33-34H,4-5,16H2,1H3,(H,30,35). The van der Waals surface area contributed by atoms with Crippen molar-refractivity contribution in [3.05, 3.63) is 95.4 Å². The fraction of sp³-hybridized carbons (Fsp3) is 0.148. The van der Waals surface area contributed by atoms with Crippen molar-refractivity contribution in [2.75, 3.05) is 10.6 Å². The Morgan fingerprint density at radius 3 is 2.69 bits per heavy atom.